The van der Waals surface area contributed by atoms with Gasteiger partial charge in [-0.05, 0) is 12.8 Å². The maximum absolute atomic E-state index is 12.1. The Morgan fingerprint density at radius 1 is 1.53 bits per heavy atom. The smallest absolute Gasteiger partial charge is 0.246 e. The van der Waals surface area contributed by atoms with Crippen molar-refractivity contribution in [2.45, 2.75) is 45.2 Å². The first-order valence-electron chi connectivity index (χ1n) is 6.76. The lowest BCUT2D eigenvalue weighted by molar-refractivity contribution is -0.138. The Labute approximate surface area is 112 Å². The molecule has 0 spiro atoms. The zero-order valence-electron chi connectivity index (χ0n) is 11.3. The number of aromatic nitrogens is 2. The van der Waals surface area contributed by atoms with Crippen molar-refractivity contribution >= 4 is 11.8 Å². The second-order valence-electron chi connectivity index (χ2n) is 4.74. The number of likely N-dealkylation sites (tertiary alicyclic amines) is 1. The highest BCUT2D eigenvalue weighted by molar-refractivity contribution is 6.05. The highest BCUT2D eigenvalue weighted by Crippen LogP contribution is 2.19. The number of nitrogens with zero attached hydrogens (tertiary/aromatic N) is 2. The zero-order valence-corrected chi connectivity index (χ0v) is 11.3. The minimum atomic E-state index is -0.422. The Balaban J connectivity index is 2.03. The van der Waals surface area contributed by atoms with Crippen molar-refractivity contribution in [3.8, 4) is 0 Å². The van der Waals surface area contributed by atoms with Gasteiger partial charge in [0.05, 0.1) is 18.5 Å². The second kappa shape index (κ2) is 5.97. The third-order valence-electron chi connectivity index (χ3n) is 3.35. The summed E-state index contributed by atoms with van der Waals surface area (Å²) in [5.41, 5.74) is 0. The van der Waals surface area contributed by atoms with Crippen LogP contribution in [0.3, 0.4) is 0 Å². The largest absolute Gasteiger partial charge is 0.347 e. The van der Waals surface area contributed by atoms with Gasteiger partial charge in [0.1, 0.15) is 5.82 Å². The van der Waals surface area contributed by atoms with Gasteiger partial charge < -0.3 is 4.98 Å². The average Bonchev–Trinajstić information content (AvgIpc) is 3.00. The lowest BCUT2D eigenvalue weighted by Gasteiger charge is -2.19. The number of imidazole rings is 1. The van der Waals surface area contributed by atoms with Crippen LogP contribution >= 0.6 is 0 Å². The zero-order chi connectivity index (χ0) is 13.8. The summed E-state index contributed by atoms with van der Waals surface area (Å²) in [6.07, 6.45) is 5.28. The number of nitrogens with one attached hydrogen (secondary N) is 2. The first-order chi connectivity index (χ1) is 9.17. The van der Waals surface area contributed by atoms with E-state index in [1.807, 2.05) is 13.8 Å². The van der Waals surface area contributed by atoms with E-state index in [0.717, 1.165) is 18.7 Å². The number of amides is 2. The van der Waals surface area contributed by atoms with Gasteiger partial charge in [-0.15, -0.1) is 0 Å². The van der Waals surface area contributed by atoms with Crippen LogP contribution in [0.25, 0.3) is 0 Å². The Hall–Kier alpha value is -1.69. The van der Waals surface area contributed by atoms with Crippen LogP contribution in [0.4, 0.5) is 0 Å². The molecule has 2 atom stereocenters. The molecule has 2 heterocycles. The molecule has 1 aliphatic rings. The van der Waals surface area contributed by atoms with Crippen LogP contribution in [0.1, 0.15) is 45.0 Å². The van der Waals surface area contributed by atoms with Crippen molar-refractivity contribution in [2.75, 3.05) is 6.54 Å². The number of hydrogen-bond acceptors (Lipinski definition) is 4. The van der Waals surface area contributed by atoms with E-state index in [4.69, 9.17) is 0 Å². The Bertz CT molecular complexity index is 444. The first-order valence-corrected chi connectivity index (χ1v) is 6.76. The van der Waals surface area contributed by atoms with Crippen LogP contribution in [0.2, 0.25) is 0 Å². The molecular weight excluding hydrogens is 244 g/mol. The van der Waals surface area contributed by atoms with Gasteiger partial charge in [0.25, 0.3) is 0 Å². The van der Waals surface area contributed by atoms with E-state index in [9.17, 15) is 9.59 Å². The molecule has 1 aromatic rings. The summed E-state index contributed by atoms with van der Waals surface area (Å²) in [6.45, 7) is 4.48. The molecule has 2 unspecified atom stereocenters. The summed E-state index contributed by atoms with van der Waals surface area (Å²) in [7, 11) is 0. The number of carbonyl (C=O) groups is 2. The van der Waals surface area contributed by atoms with Crippen molar-refractivity contribution in [1.82, 2.24) is 20.2 Å². The highest BCUT2D eigenvalue weighted by Gasteiger charge is 2.38. The quantitative estimate of drug-likeness (QED) is 0.751. The SMILES string of the molecule is CCCN1C(=O)CC(NC(CC)c2ncc[nH]2)C1=O. The van der Waals surface area contributed by atoms with Crippen LogP contribution < -0.4 is 5.32 Å². The van der Waals surface area contributed by atoms with Crippen LogP contribution in [0.5, 0.6) is 0 Å². The van der Waals surface area contributed by atoms with Crippen molar-refractivity contribution < 1.29 is 9.59 Å². The van der Waals surface area contributed by atoms with Crippen molar-refractivity contribution in [3.05, 3.63) is 18.2 Å². The van der Waals surface area contributed by atoms with Crippen LogP contribution in [0.15, 0.2) is 12.4 Å². The molecule has 0 aliphatic carbocycles. The molecule has 2 N–H and O–H groups in total. The predicted octanol–water partition coefficient (Wildman–Crippen LogP) is 0.988. The lowest BCUT2D eigenvalue weighted by Crippen LogP contribution is -2.40. The molecule has 104 valence electrons. The summed E-state index contributed by atoms with van der Waals surface area (Å²) in [5.74, 6) is 0.604. The lowest BCUT2D eigenvalue weighted by atomic mass is 10.1. The topological polar surface area (TPSA) is 78.1 Å². The maximum atomic E-state index is 12.1. The minimum absolute atomic E-state index is 0.0293. The van der Waals surface area contributed by atoms with E-state index in [-0.39, 0.29) is 24.3 Å². The summed E-state index contributed by atoms with van der Waals surface area (Å²) >= 11 is 0. The molecule has 19 heavy (non-hydrogen) atoms. The summed E-state index contributed by atoms with van der Waals surface area (Å²) in [5, 5.41) is 3.23. The third-order valence-corrected chi connectivity index (χ3v) is 3.35. The normalized spacial score (nSPS) is 21.2. The fourth-order valence-corrected chi connectivity index (χ4v) is 2.37. The van der Waals surface area contributed by atoms with E-state index in [0.29, 0.717) is 6.54 Å². The van der Waals surface area contributed by atoms with Gasteiger partial charge in [-0.2, -0.15) is 0 Å². The highest BCUT2D eigenvalue weighted by atomic mass is 16.2. The average molecular weight is 264 g/mol. The molecule has 2 rings (SSSR count). The molecule has 0 radical (unpaired) electrons. The number of imide groups is 1. The Morgan fingerprint density at radius 3 is 2.89 bits per heavy atom. The fraction of sp³-hybridized carbons (Fsp3) is 0.615. The second-order valence-corrected chi connectivity index (χ2v) is 4.74. The number of hydrogen-bond donors (Lipinski definition) is 2. The molecule has 6 nitrogen and oxygen atoms in total. The molecule has 0 bridgehead atoms. The summed E-state index contributed by atoms with van der Waals surface area (Å²) in [6, 6.07) is -0.451. The first kappa shape index (κ1) is 13.7. The van der Waals surface area contributed by atoms with Gasteiger partial charge in [0.2, 0.25) is 11.8 Å². The number of rotatable bonds is 6. The van der Waals surface area contributed by atoms with Crippen LogP contribution in [-0.2, 0) is 9.59 Å². The van der Waals surface area contributed by atoms with E-state index in [1.54, 1.807) is 12.4 Å². The minimum Gasteiger partial charge on any atom is -0.347 e. The third kappa shape index (κ3) is 2.84. The molecular formula is C13H20N4O2. The van der Waals surface area contributed by atoms with Crippen LogP contribution in [0, 0.1) is 0 Å². The van der Waals surface area contributed by atoms with E-state index >= 15 is 0 Å². The number of H-pyrrole nitrogens is 1. The molecule has 1 saturated heterocycles. The molecule has 0 aromatic carbocycles. The van der Waals surface area contributed by atoms with Gasteiger partial charge >= 0.3 is 0 Å². The monoisotopic (exact) mass is 264 g/mol. The molecule has 1 fully saturated rings. The van der Waals surface area contributed by atoms with Crippen molar-refractivity contribution in [1.29, 1.82) is 0 Å². The fourth-order valence-electron chi connectivity index (χ4n) is 2.37. The Morgan fingerprint density at radius 2 is 2.32 bits per heavy atom. The van der Waals surface area contributed by atoms with Gasteiger partial charge in [-0.25, -0.2) is 4.98 Å². The van der Waals surface area contributed by atoms with Crippen molar-refractivity contribution in [2.24, 2.45) is 0 Å². The summed E-state index contributed by atoms with van der Waals surface area (Å²) in [4.78, 5) is 32.5. The van der Waals surface area contributed by atoms with Crippen molar-refractivity contribution in [3.63, 3.8) is 0 Å². The van der Waals surface area contributed by atoms with Gasteiger partial charge in [-0.3, -0.25) is 19.8 Å². The van der Waals surface area contributed by atoms with Gasteiger partial charge in [0.15, 0.2) is 0 Å². The van der Waals surface area contributed by atoms with Gasteiger partial charge in [-0.1, -0.05) is 13.8 Å². The van der Waals surface area contributed by atoms with E-state index in [2.05, 4.69) is 15.3 Å². The predicted molar refractivity (Wildman–Crippen MR) is 70.2 cm³/mol. The molecule has 6 heteroatoms. The molecule has 0 saturated carbocycles. The maximum Gasteiger partial charge on any atom is 0.246 e. The van der Waals surface area contributed by atoms with E-state index in [1.165, 1.54) is 4.90 Å². The standard InChI is InChI=1S/C13H20N4O2/c1-3-7-17-11(18)8-10(13(17)19)16-9(4-2)12-14-5-6-15-12/h5-6,9-10,16H,3-4,7-8H2,1-2H3,(H,14,15). The molecule has 2 amide bonds. The molecule has 1 aliphatic heterocycles. The number of carbonyl (C=O) groups excluding carboxylic acids is 2. The summed E-state index contributed by atoms with van der Waals surface area (Å²) < 4.78 is 0. The number of aromatic amines is 1. The Kier molecular flexibility index (Phi) is 4.31. The van der Waals surface area contributed by atoms with Gasteiger partial charge in [0, 0.05) is 18.9 Å². The molecule has 1 aromatic heterocycles. The van der Waals surface area contributed by atoms with E-state index < -0.39 is 6.04 Å². The van der Waals surface area contributed by atoms with Crippen LogP contribution in [-0.4, -0.2) is 39.3 Å².